The Hall–Kier alpha value is -2.33. The summed E-state index contributed by atoms with van der Waals surface area (Å²) in [5, 5.41) is 0.565. The number of amides is 2. The van der Waals surface area contributed by atoms with Crippen LogP contribution in [0, 0.1) is 0 Å². The van der Waals surface area contributed by atoms with Gasteiger partial charge in [-0.1, -0.05) is 60.1 Å². The second-order valence-electron chi connectivity index (χ2n) is 5.29. The molecule has 0 heterocycles. The van der Waals surface area contributed by atoms with Crippen LogP contribution in [0.5, 0.6) is 0 Å². The van der Waals surface area contributed by atoms with Crippen LogP contribution in [-0.4, -0.2) is 23.3 Å². The number of primary amides is 1. The summed E-state index contributed by atoms with van der Waals surface area (Å²) in [6.07, 6.45) is 0.340. The summed E-state index contributed by atoms with van der Waals surface area (Å²) < 4.78 is 0. The number of carbonyl (C=O) groups excluding carboxylic acids is 2. The molecule has 4 nitrogen and oxygen atoms in total. The van der Waals surface area contributed by atoms with E-state index in [-0.39, 0.29) is 18.7 Å². The normalized spacial score (nSPS) is 10.3. The number of benzene rings is 2. The monoisotopic (exact) mass is 330 g/mol. The van der Waals surface area contributed by atoms with Gasteiger partial charge in [-0.05, 0) is 17.2 Å². The molecule has 0 aliphatic rings. The first kappa shape index (κ1) is 17.0. The fourth-order valence-corrected chi connectivity index (χ4v) is 2.46. The Morgan fingerprint density at radius 1 is 1.00 bits per heavy atom. The Morgan fingerprint density at radius 3 is 2.30 bits per heavy atom. The maximum Gasteiger partial charge on any atom is 0.227 e. The molecular formula is C18H19ClN2O2. The van der Waals surface area contributed by atoms with Gasteiger partial charge in [-0.25, -0.2) is 0 Å². The zero-order valence-corrected chi connectivity index (χ0v) is 13.5. The summed E-state index contributed by atoms with van der Waals surface area (Å²) in [5.74, 6) is -0.503. The van der Waals surface area contributed by atoms with Gasteiger partial charge >= 0.3 is 0 Å². The van der Waals surface area contributed by atoms with Crippen LogP contribution < -0.4 is 5.73 Å². The Bertz CT molecular complexity index is 674. The summed E-state index contributed by atoms with van der Waals surface area (Å²) >= 11 is 6.12. The SMILES string of the molecule is NC(=O)CCN(Cc1ccccc1)C(=O)Cc1ccccc1Cl. The maximum absolute atomic E-state index is 12.6. The van der Waals surface area contributed by atoms with E-state index in [9.17, 15) is 9.59 Å². The Labute approximate surface area is 140 Å². The van der Waals surface area contributed by atoms with Gasteiger partial charge in [-0.15, -0.1) is 0 Å². The minimum absolute atomic E-state index is 0.0804. The molecule has 0 unspecified atom stereocenters. The van der Waals surface area contributed by atoms with Crippen LogP contribution in [-0.2, 0) is 22.6 Å². The molecule has 0 saturated carbocycles. The van der Waals surface area contributed by atoms with Crippen LogP contribution in [0.3, 0.4) is 0 Å². The third kappa shape index (κ3) is 5.42. The Kier molecular flexibility index (Phi) is 6.18. The van der Waals surface area contributed by atoms with Crippen molar-refractivity contribution in [2.24, 2.45) is 5.73 Å². The van der Waals surface area contributed by atoms with Crippen molar-refractivity contribution in [3.8, 4) is 0 Å². The van der Waals surface area contributed by atoms with E-state index in [4.69, 9.17) is 17.3 Å². The first-order valence-corrected chi connectivity index (χ1v) is 7.77. The van der Waals surface area contributed by atoms with E-state index in [1.54, 1.807) is 11.0 Å². The summed E-state index contributed by atoms with van der Waals surface area (Å²) in [7, 11) is 0. The fourth-order valence-electron chi connectivity index (χ4n) is 2.26. The number of rotatable bonds is 7. The molecule has 23 heavy (non-hydrogen) atoms. The van der Waals surface area contributed by atoms with Crippen LogP contribution in [0.15, 0.2) is 54.6 Å². The lowest BCUT2D eigenvalue weighted by Crippen LogP contribution is -2.34. The fraction of sp³-hybridized carbons (Fsp3) is 0.222. The highest BCUT2D eigenvalue weighted by Crippen LogP contribution is 2.17. The van der Waals surface area contributed by atoms with Gasteiger partial charge in [-0.3, -0.25) is 9.59 Å². The molecule has 0 aliphatic carbocycles. The number of nitrogens with two attached hydrogens (primary N) is 1. The molecule has 2 aromatic rings. The number of carbonyl (C=O) groups is 2. The van der Waals surface area contributed by atoms with Crippen molar-refractivity contribution in [1.29, 1.82) is 0 Å². The highest BCUT2D eigenvalue weighted by atomic mass is 35.5. The van der Waals surface area contributed by atoms with E-state index < -0.39 is 5.91 Å². The molecule has 2 rings (SSSR count). The molecule has 0 aromatic heterocycles. The predicted molar refractivity (Wildman–Crippen MR) is 90.8 cm³/mol. The lowest BCUT2D eigenvalue weighted by Gasteiger charge is -2.22. The second-order valence-corrected chi connectivity index (χ2v) is 5.69. The van der Waals surface area contributed by atoms with Gasteiger partial charge in [0, 0.05) is 24.5 Å². The van der Waals surface area contributed by atoms with E-state index >= 15 is 0 Å². The largest absolute Gasteiger partial charge is 0.370 e. The molecule has 2 aromatic carbocycles. The van der Waals surface area contributed by atoms with E-state index in [1.165, 1.54) is 0 Å². The highest BCUT2D eigenvalue weighted by Gasteiger charge is 2.16. The zero-order chi connectivity index (χ0) is 16.7. The van der Waals surface area contributed by atoms with Crippen LogP contribution >= 0.6 is 11.6 Å². The third-order valence-electron chi connectivity index (χ3n) is 3.50. The van der Waals surface area contributed by atoms with E-state index in [1.807, 2.05) is 48.5 Å². The minimum atomic E-state index is -0.423. The Morgan fingerprint density at radius 2 is 1.65 bits per heavy atom. The van der Waals surface area contributed by atoms with Crippen molar-refractivity contribution >= 4 is 23.4 Å². The lowest BCUT2D eigenvalue weighted by molar-refractivity contribution is -0.131. The molecule has 0 bridgehead atoms. The van der Waals surface area contributed by atoms with Gasteiger partial charge in [0.1, 0.15) is 0 Å². The molecule has 2 amide bonds. The molecule has 120 valence electrons. The predicted octanol–water partition coefficient (Wildman–Crippen LogP) is 2.79. The van der Waals surface area contributed by atoms with Crippen molar-refractivity contribution in [2.75, 3.05) is 6.54 Å². The molecule has 5 heteroatoms. The number of hydrogen-bond donors (Lipinski definition) is 1. The molecule has 0 fully saturated rings. The lowest BCUT2D eigenvalue weighted by atomic mass is 10.1. The van der Waals surface area contributed by atoms with E-state index in [0.717, 1.165) is 11.1 Å². The van der Waals surface area contributed by atoms with Crippen molar-refractivity contribution in [2.45, 2.75) is 19.4 Å². The van der Waals surface area contributed by atoms with Crippen molar-refractivity contribution in [1.82, 2.24) is 4.90 Å². The van der Waals surface area contributed by atoms with Crippen LogP contribution in [0.4, 0.5) is 0 Å². The van der Waals surface area contributed by atoms with Crippen molar-refractivity contribution in [3.05, 3.63) is 70.7 Å². The van der Waals surface area contributed by atoms with Crippen molar-refractivity contribution < 1.29 is 9.59 Å². The highest BCUT2D eigenvalue weighted by molar-refractivity contribution is 6.31. The van der Waals surface area contributed by atoms with Crippen LogP contribution in [0.2, 0.25) is 5.02 Å². The van der Waals surface area contributed by atoms with Gasteiger partial charge < -0.3 is 10.6 Å². The summed E-state index contributed by atoms with van der Waals surface area (Å²) in [6, 6.07) is 16.9. The van der Waals surface area contributed by atoms with Gasteiger partial charge in [-0.2, -0.15) is 0 Å². The maximum atomic E-state index is 12.6. The minimum Gasteiger partial charge on any atom is -0.370 e. The van der Waals surface area contributed by atoms with Gasteiger partial charge in [0.05, 0.1) is 6.42 Å². The van der Waals surface area contributed by atoms with Crippen molar-refractivity contribution in [3.63, 3.8) is 0 Å². The topological polar surface area (TPSA) is 63.4 Å². The zero-order valence-electron chi connectivity index (χ0n) is 12.7. The van der Waals surface area contributed by atoms with Gasteiger partial charge in [0.2, 0.25) is 11.8 Å². The van der Waals surface area contributed by atoms with Crippen LogP contribution in [0.25, 0.3) is 0 Å². The molecule has 0 atom stereocenters. The Balaban J connectivity index is 2.10. The number of nitrogens with zero attached hydrogens (tertiary/aromatic N) is 1. The molecular weight excluding hydrogens is 312 g/mol. The smallest absolute Gasteiger partial charge is 0.227 e. The third-order valence-corrected chi connectivity index (χ3v) is 3.87. The van der Waals surface area contributed by atoms with E-state index in [0.29, 0.717) is 18.1 Å². The first-order chi connectivity index (χ1) is 11.1. The second kappa shape index (κ2) is 8.34. The van der Waals surface area contributed by atoms with Crippen LogP contribution in [0.1, 0.15) is 17.5 Å². The molecule has 0 spiro atoms. The number of hydrogen-bond acceptors (Lipinski definition) is 2. The molecule has 0 radical (unpaired) electrons. The standard InChI is InChI=1S/C18H19ClN2O2/c19-16-9-5-4-8-15(16)12-18(23)21(11-10-17(20)22)13-14-6-2-1-3-7-14/h1-9H,10-13H2,(H2,20,22). The molecule has 2 N–H and O–H groups in total. The summed E-state index contributed by atoms with van der Waals surface area (Å²) in [5.41, 5.74) is 6.99. The number of halogens is 1. The molecule has 0 aliphatic heterocycles. The van der Waals surface area contributed by atoms with Gasteiger partial charge in [0.25, 0.3) is 0 Å². The molecule has 0 saturated heterocycles. The summed E-state index contributed by atoms with van der Waals surface area (Å²) in [4.78, 5) is 25.3. The van der Waals surface area contributed by atoms with Gasteiger partial charge in [0.15, 0.2) is 0 Å². The average Bonchev–Trinajstić information content (AvgIpc) is 2.54. The van der Waals surface area contributed by atoms with E-state index in [2.05, 4.69) is 0 Å². The summed E-state index contributed by atoms with van der Waals surface area (Å²) in [6.45, 7) is 0.741. The average molecular weight is 331 g/mol. The quantitative estimate of drug-likeness (QED) is 0.848. The first-order valence-electron chi connectivity index (χ1n) is 7.39.